The molecule has 164 valence electrons. The number of fused-ring (bicyclic) bond motifs is 1. The maximum Gasteiger partial charge on any atom is 0.314 e. The van der Waals surface area contributed by atoms with Crippen LogP contribution in [0, 0.1) is 18.8 Å². The lowest BCUT2D eigenvalue weighted by Gasteiger charge is -2.37. The predicted molar refractivity (Wildman–Crippen MR) is 118 cm³/mol. The molecule has 0 saturated carbocycles. The first-order valence-electron chi connectivity index (χ1n) is 11.4. The van der Waals surface area contributed by atoms with Gasteiger partial charge in [0.05, 0.1) is 17.8 Å². The number of nitrogens with zero attached hydrogens (tertiary/aromatic N) is 2. The predicted octanol–water partition coefficient (Wildman–Crippen LogP) is 3.75. The summed E-state index contributed by atoms with van der Waals surface area (Å²) in [4.78, 5) is 17.4. The van der Waals surface area contributed by atoms with Crippen LogP contribution in [0.15, 0.2) is 47.1 Å². The third-order valence-electron chi connectivity index (χ3n) is 6.66. The summed E-state index contributed by atoms with van der Waals surface area (Å²) in [5.41, 5.74) is 2.71. The van der Waals surface area contributed by atoms with E-state index in [1.807, 2.05) is 37.4 Å². The summed E-state index contributed by atoms with van der Waals surface area (Å²) < 4.78 is 11.4. The number of benzene rings is 1. The second-order valence-corrected chi connectivity index (χ2v) is 8.65. The first-order valence-corrected chi connectivity index (χ1v) is 11.4. The van der Waals surface area contributed by atoms with E-state index in [2.05, 4.69) is 35.4 Å². The normalized spacial score (nSPS) is 22.4. The average molecular weight is 423 g/mol. The standard InChI is InChI=1S/C25H31N3O3/c1-4-17-13-23(27-15-18(17)5-2)25(30-24(29)14-19-12-16(3)28-31-19)21-10-11-26-22-9-7-6-8-20(21)22/h6-12,17-18,23,25,27H,4-5,13-15H2,1-3H3/p+1/t17-,18-,23-,25+/m0/s1. The van der Waals surface area contributed by atoms with Crippen LogP contribution in [0.25, 0.3) is 10.9 Å². The van der Waals surface area contributed by atoms with Gasteiger partial charge in [0, 0.05) is 35.6 Å². The number of hydrogen-bond donors (Lipinski definition) is 1. The highest BCUT2D eigenvalue weighted by molar-refractivity contribution is 5.83. The molecule has 1 fully saturated rings. The van der Waals surface area contributed by atoms with Crippen LogP contribution in [0.4, 0.5) is 0 Å². The van der Waals surface area contributed by atoms with Gasteiger partial charge in [0.1, 0.15) is 18.2 Å². The first kappa shape index (κ1) is 21.5. The number of piperidine rings is 1. The van der Waals surface area contributed by atoms with Crippen LogP contribution in [-0.4, -0.2) is 28.7 Å². The van der Waals surface area contributed by atoms with Gasteiger partial charge in [-0.05, 0) is 31.4 Å². The molecular weight excluding hydrogens is 390 g/mol. The summed E-state index contributed by atoms with van der Waals surface area (Å²) in [5.74, 6) is 1.60. The Morgan fingerprint density at radius 2 is 2.03 bits per heavy atom. The van der Waals surface area contributed by atoms with E-state index in [1.165, 1.54) is 6.42 Å². The van der Waals surface area contributed by atoms with Gasteiger partial charge in [0.2, 0.25) is 0 Å². The molecule has 1 saturated heterocycles. The van der Waals surface area contributed by atoms with Gasteiger partial charge in [0.25, 0.3) is 0 Å². The van der Waals surface area contributed by atoms with Crippen LogP contribution in [0.3, 0.4) is 0 Å². The van der Waals surface area contributed by atoms with E-state index in [1.54, 1.807) is 6.07 Å². The Labute approximate surface area is 183 Å². The van der Waals surface area contributed by atoms with E-state index in [-0.39, 0.29) is 24.5 Å². The molecule has 4 rings (SSSR count). The largest absolute Gasteiger partial charge is 0.451 e. The zero-order chi connectivity index (χ0) is 21.8. The fourth-order valence-corrected chi connectivity index (χ4v) is 5.00. The van der Waals surface area contributed by atoms with E-state index in [4.69, 9.17) is 9.26 Å². The molecule has 0 bridgehead atoms. The molecule has 4 atom stereocenters. The number of carbonyl (C=O) groups excluding carboxylic acids is 1. The van der Waals surface area contributed by atoms with Crippen molar-refractivity contribution in [2.75, 3.05) is 6.54 Å². The molecular formula is C25H32N3O3+. The van der Waals surface area contributed by atoms with Crippen molar-refractivity contribution in [2.24, 2.45) is 11.8 Å². The van der Waals surface area contributed by atoms with Crippen LogP contribution in [-0.2, 0) is 16.0 Å². The van der Waals surface area contributed by atoms with Crippen molar-refractivity contribution in [2.45, 2.75) is 58.6 Å². The number of aromatic nitrogens is 2. The number of pyridine rings is 1. The highest BCUT2D eigenvalue weighted by Gasteiger charge is 2.39. The van der Waals surface area contributed by atoms with Crippen molar-refractivity contribution in [1.29, 1.82) is 0 Å². The third-order valence-corrected chi connectivity index (χ3v) is 6.66. The average Bonchev–Trinajstić information content (AvgIpc) is 3.21. The van der Waals surface area contributed by atoms with Crippen LogP contribution in [0.5, 0.6) is 0 Å². The lowest BCUT2D eigenvalue weighted by Crippen LogP contribution is -2.94. The molecule has 6 heteroatoms. The number of ether oxygens (including phenoxy) is 1. The number of esters is 1. The van der Waals surface area contributed by atoms with Crippen molar-refractivity contribution in [3.63, 3.8) is 0 Å². The summed E-state index contributed by atoms with van der Waals surface area (Å²) in [5, 5.41) is 7.30. The van der Waals surface area contributed by atoms with Gasteiger partial charge < -0.3 is 14.6 Å². The maximum absolute atomic E-state index is 12.9. The highest BCUT2D eigenvalue weighted by atomic mass is 16.5. The van der Waals surface area contributed by atoms with Crippen molar-refractivity contribution in [3.05, 3.63) is 59.6 Å². The molecule has 1 aromatic carbocycles. The van der Waals surface area contributed by atoms with Gasteiger partial charge in [0.15, 0.2) is 6.10 Å². The first-order chi connectivity index (χ1) is 15.1. The number of rotatable bonds is 7. The molecule has 2 N–H and O–H groups in total. The van der Waals surface area contributed by atoms with Crippen LogP contribution < -0.4 is 5.32 Å². The van der Waals surface area contributed by atoms with Gasteiger partial charge in [-0.25, -0.2) is 0 Å². The van der Waals surface area contributed by atoms with Crippen molar-refractivity contribution < 1.29 is 19.4 Å². The topological polar surface area (TPSA) is 81.8 Å². The number of carbonyl (C=O) groups is 1. The van der Waals surface area contributed by atoms with Gasteiger partial charge in [-0.2, -0.15) is 0 Å². The van der Waals surface area contributed by atoms with E-state index in [9.17, 15) is 4.79 Å². The van der Waals surface area contributed by atoms with Crippen LogP contribution >= 0.6 is 0 Å². The Bertz CT molecular complexity index is 1030. The molecule has 0 radical (unpaired) electrons. The molecule has 0 spiro atoms. The second kappa shape index (κ2) is 9.60. The minimum Gasteiger partial charge on any atom is -0.451 e. The smallest absolute Gasteiger partial charge is 0.314 e. The van der Waals surface area contributed by atoms with Gasteiger partial charge >= 0.3 is 5.97 Å². The van der Waals surface area contributed by atoms with Crippen LogP contribution in [0.1, 0.15) is 56.2 Å². The summed E-state index contributed by atoms with van der Waals surface area (Å²) >= 11 is 0. The molecule has 3 aromatic rings. The molecule has 0 unspecified atom stereocenters. The quantitative estimate of drug-likeness (QED) is 0.587. The zero-order valence-corrected chi connectivity index (χ0v) is 18.6. The van der Waals surface area contributed by atoms with Crippen molar-refractivity contribution in [3.8, 4) is 0 Å². The Morgan fingerprint density at radius 3 is 2.77 bits per heavy atom. The monoisotopic (exact) mass is 422 g/mol. The van der Waals surface area contributed by atoms with E-state index >= 15 is 0 Å². The number of quaternary nitrogens is 1. The molecule has 6 nitrogen and oxygen atoms in total. The number of para-hydroxylation sites is 1. The summed E-state index contributed by atoms with van der Waals surface area (Å²) in [6, 6.07) is 12.0. The number of nitrogens with two attached hydrogens (primary N) is 1. The summed E-state index contributed by atoms with van der Waals surface area (Å²) in [6.45, 7) is 7.45. The Morgan fingerprint density at radius 1 is 1.23 bits per heavy atom. The number of aryl methyl sites for hydroxylation is 1. The Kier molecular flexibility index (Phi) is 6.66. The van der Waals surface area contributed by atoms with E-state index in [0.29, 0.717) is 17.6 Å². The van der Waals surface area contributed by atoms with E-state index in [0.717, 1.165) is 41.5 Å². The van der Waals surface area contributed by atoms with Gasteiger partial charge in [-0.1, -0.05) is 43.6 Å². The highest BCUT2D eigenvalue weighted by Crippen LogP contribution is 2.34. The number of hydrogen-bond acceptors (Lipinski definition) is 5. The Hall–Kier alpha value is -2.73. The molecule has 3 heterocycles. The third kappa shape index (κ3) is 4.79. The Balaban J connectivity index is 1.64. The van der Waals surface area contributed by atoms with Gasteiger partial charge in [-0.15, -0.1) is 0 Å². The molecule has 31 heavy (non-hydrogen) atoms. The second-order valence-electron chi connectivity index (χ2n) is 8.65. The van der Waals surface area contributed by atoms with E-state index < -0.39 is 0 Å². The fraction of sp³-hybridized carbons (Fsp3) is 0.480. The minimum atomic E-state index is -0.337. The fourth-order valence-electron chi connectivity index (χ4n) is 5.00. The SMILES string of the molecule is CC[C@H]1C[NH2+][C@H]([C@H](OC(=O)Cc2cc(C)no2)c2ccnc3ccccc23)C[C@@H]1CC. The van der Waals surface area contributed by atoms with Gasteiger partial charge in [-0.3, -0.25) is 9.78 Å². The minimum absolute atomic E-state index is 0.0852. The van der Waals surface area contributed by atoms with Crippen molar-refractivity contribution in [1.82, 2.24) is 10.1 Å². The van der Waals surface area contributed by atoms with Crippen LogP contribution in [0.2, 0.25) is 0 Å². The summed E-state index contributed by atoms with van der Waals surface area (Å²) in [6.07, 6.45) is 4.93. The maximum atomic E-state index is 12.9. The lowest BCUT2D eigenvalue weighted by molar-refractivity contribution is -0.714. The summed E-state index contributed by atoms with van der Waals surface area (Å²) in [7, 11) is 0. The molecule has 1 aliphatic rings. The molecule has 0 amide bonds. The lowest BCUT2D eigenvalue weighted by atomic mass is 9.77. The molecule has 1 aliphatic heterocycles. The van der Waals surface area contributed by atoms with Crippen molar-refractivity contribution >= 4 is 16.9 Å². The zero-order valence-electron chi connectivity index (χ0n) is 18.6. The molecule has 0 aliphatic carbocycles. The molecule has 2 aromatic heterocycles.